The van der Waals surface area contributed by atoms with E-state index in [2.05, 4.69) is 48.3 Å². The molecule has 2 aliphatic heterocycles. The van der Waals surface area contributed by atoms with E-state index in [0.29, 0.717) is 6.04 Å². The summed E-state index contributed by atoms with van der Waals surface area (Å²) in [4.78, 5) is 1.68. The lowest BCUT2D eigenvalue weighted by atomic mass is 10.0. The number of hydrogen-bond acceptors (Lipinski definition) is 3. The van der Waals surface area contributed by atoms with Crippen molar-refractivity contribution in [1.82, 2.24) is 5.32 Å². The van der Waals surface area contributed by atoms with Crippen molar-refractivity contribution in [3.8, 4) is 0 Å². The van der Waals surface area contributed by atoms with Gasteiger partial charge in [0.15, 0.2) is 0 Å². The molecule has 0 radical (unpaired) electrons. The fourth-order valence-electron chi connectivity index (χ4n) is 2.59. The van der Waals surface area contributed by atoms with Gasteiger partial charge in [-0.2, -0.15) is 0 Å². The Bertz CT molecular complexity index is 393. The van der Waals surface area contributed by atoms with Crippen LogP contribution in [0.5, 0.6) is 0 Å². The van der Waals surface area contributed by atoms with Crippen molar-refractivity contribution in [3.63, 3.8) is 0 Å². The Morgan fingerprint density at radius 1 is 1.31 bits per heavy atom. The normalized spacial score (nSPS) is 33.7. The molecule has 3 heteroatoms. The Hall–Kier alpha value is -0.120. The highest BCUT2D eigenvalue weighted by Crippen LogP contribution is 2.48. The van der Waals surface area contributed by atoms with Crippen LogP contribution in [0.2, 0.25) is 0 Å². The molecule has 16 heavy (non-hydrogen) atoms. The summed E-state index contributed by atoms with van der Waals surface area (Å²) in [5.74, 6) is 2.52. The molecule has 1 saturated heterocycles. The lowest BCUT2D eigenvalue weighted by Crippen LogP contribution is -2.49. The Balaban J connectivity index is 2.02. The van der Waals surface area contributed by atoms with E-state index in [1.165, 1.54) is 34.8 Å². The maximum Gasteiger partial charge on any atom is 0.0922 e. The topological polar surface area (TPSA) is 12.0 Å². The first-order valence-electron chi connectivity index (χ1n) is 5.94. The van der Waals surface area contributed by atoms with E-state index in [9.17, 15) is 0 Å². The maximum atomic E-state index is 3.84. The van der Waals surface area contributed by atoms with E-state index in [1.807, 2.05) is 11.8 Å². The molecule has 1 spiro atoms. The van der Waals surface area contributed by atoms with Gasteiger partial charge in [-0.3, -0.25) is 5.32 Å². The highest BCUT2D eigenvalue weighted by Gasteiger charge is 2.40. The van der Waals surface area contributed by atoms with Gasteiger partial charge < -0.3 is 0 Å². The first-order chi connectivity index (χ1) is 7.80. The van der Waals surface area contributed by atoms with Crippen molar-refractivity contribution in [2.75, 3.05) is 11.5 Å². The number of nitrogens with one attached hydrogen (secondary N) is 1. The molecule has 0 amide bonds. The lowest BCUT2D eigenvalue weighted by Gasteiger charge is -2.44. The molecule has 3 rings (SSSR count). The zero-order chi connectivity index (χ0) is 11.0. The summed E-state index contributed by atoms with van der Waals surface area (Å²) < 4.78 is 0. The lowest BCUT2D eigenvalue weighted by molar-refractivity contribution is 0.380. The SMILES string of the molecule is CC1CCSC2(CCSc3ccccc32)N1. The van der Waals surface area contributed by atoms with Crippen LogP contribution in [0.4, 0.5) is 0 Å². The first kappa shape index (κ1) is 11.0. The molecule has 2 aliphatic rings. The maximum absolute atomic E-state index is 3.84. The zero-order valence-corrected chi connectivity index (χ0v) is 11.2. The molecule has 2 unspecified atom stereocenters. The van der Waals surface area contributed by atoms with E-state index in [4.69, 9.17) is 0 Å². The summed E-state index contributed by atoms with van der Waals surface area (Å²) in [5, 5.41) is 3.84. The highest BCUT2D eigenvalue weighted by molar-refractivity contribution is 8.01. The molecule has 2 atom stereocenters. The average molecular weight is 251 g/mol. The molecule has 1 aromatic rings. The molecule has 1 nitrogen and oxygen atoms in total. The van der Waals surface area contributed by atoms with E-state index in [-0.39, 0.29) is 4.87 Å². The second-order valence-corrected chi connectivity index (χ2v) is 7.13. The predicted molar refractivity (Wildman–Crippen MR) is 73.1 cm³/mol. The van der Waals surface area contributed by atoms with Crippen LogP contribution >= 0.6 is 23.5 Å². The summed E-state index contributed by atoms with van der Waals surface area (Å²) in [5.41, 5.74) is 1.52. The second kappa shape index (κ2) is 4.28. The highest BCUT2D eigenvalue weighted by atomic mass is 32.2. The van der Waals surface area contributed by atoms with E-state index in [0.717, 1.165) is 0 Å². The number of benzene rings is 1. The quantitative estimate of drug-likeness (QED) is 0.758. The largest absolute Gasteiger partial charge is 0.296 e. The fourth-order valence-corrected chi connectivity index (χ4v) is 5.67. The van der Waals surface area contributed by atoms with Crippen molar-refractivity contribution in [2.24, 2.45) is 0 Å². The molecule has 0 aromatic heterocycles. The van der Waals surface area contributed by atoms with Gasteiger partial charge in [0, 0.05) is 16.7 Å². The standard InChI is InChI=1S/C13H17NS2/c1-10-6-8-16-13(14-10)7-9-15-12-5-3-2-4-11(12)13/h2-5,10,14H,6-9H2,1H3. The third kappa shape index (κ3) is 1.79. The van der Waals surface area contributed by atoms with Gasteiger partial charge in [-0.15, -0.1) is 23.5 Å². The van der Waals surface area contributed by atoms with Crippen molar-refractivity contribution < 1.29 is 0 Å². The van der Waals surface area contributed by atoms with Crippen LogP contribution in [-0.2, 0) is 4.87 Å². The average Bonchev–Trinajstić information content (AvgIpc) is 2.30. The van der Waals surface area contributed by atoms with Crippen LogP contribution < -0.4 is 5.32 Å². The van der Waals surface area contributed by atoms with Crippen LogP contribution in [0, 0.1) is 0 Å². The molecule has 1 fully saturated rings. The number of hydrogen-bond donors (Lipinski definition) is 1. The minimum atomic E-state index is 0.208. The summed E-state index contributed by atoms with van der Waals surface area (Å²) in [6.07, 6.45) is 2.55. The third-order valence-electron chi connectivity index (χ3n) is 3.41. The van der Waals surface area contributed by atoms with Crippen LogP contribution in [0.25, 0.3) is 0 Å². The predicted octanol–water partition coefficient (Wildman–Crippen LogP) is 3.45. The summed E-state index contributed by atoms with van der Waals surface area (Å²) in [6, 6.07) is 9.55. The third-order valence-corrected chi connectivity index (χ3v) is 5.96. The van der Waals surface area contributed by atoms with Crippen molar-refractivity contribution in [1.29, 1.82) is 0 Å². The molecule has 1 N–H and O–H groups in total. The zero-order valence-electron chi connectivity index (χ0n) is 9.53. The molecule has 1 aromatic carbocycles. The van der Waals surface area contributed by atoms with E-state index in [1.54, 1.807) is 0 Å². The minimum Gasteiger partial charge on any atom is -0.296 e. The van der Waals surface area contributed by atoms with Gasteiger partial charge in [0.25, 0.3) is 0 Å². The fraction of sp³-hybridized carbons (Fsp3) is 0.538. The van der Waals surface area contributed by atoms with Crippen LogP contribution in [0.15, 0.2) is 29.2 Å². The first-order valence-corrected chi connectivity index (χ1v) is 7.91. The minimum absolute atomic E-state index is 0.208. The van der Waals surface area contributed by atoms with Gasteiger partial charge in [-0.25, -0.2) is 0 Å². The second-order valence-electron chi connectivity index (χ2n) is 4.60. The Labute approximate surface area is 106 Å². The monoisotopic (exact) mass is 251 g/mol. The molecule has 0 aliphatic carbocycles. The van der Waals surface area contributed by atoms with Crippen LogP contribution in [0.1, 0.15) is 25.3 Å². The number of thioether (sulfide) groups is 2. The summed E-state index contributed by atoms with van der Waals surface area (Å²) in [7, 11) is 0. The van der Waals surface area contributed by atoms with E-state index < -0.39 is 0 Å². The molecular formula is C13H17NS2. The van der Waals surface area contributed by atoms with Gasteiger partial charge >= 0.3 is 0 Å². The molecule has 0 saturated carbocycles. The Kier molecular flexibility index (Phi) is 2.94. The number of fused-ring (bicyclic) bond motifs is 2. The van der Waals surface area contributed by atoms with Gasteiger partial charge in [0.1, 0.15) is 0 Å². The summed E-state index contributed by atoms with van der Waals surface area (Å²) in [6.45, 7) is 2.31. The molecule has 0 bridgehead atoms. The summed E-state index contributed by atoms with van der Waals surface area (Å²) >= 11 is 4.11. The van der Waals surface area contributed by atoms with E-state index >= 15 is 0 Å². The van der Waals surface area contributed by atoms with Gasteiger partial charge in [-0.05, 0) is 37.1 Å². The number of rotatable bonds is 0. The van der Waals surface area contributed by atoms with Crippen LogP contribution in [0.3, 0.4) is 0 Å². The van der Waals surface area contributed by atoms with Crippen molar-refractivity contribution in [3.05, 3.63) is 29.8 Å². The van der Waals surface area contributed by atoms with Gasteiger partial charge in [0.2, 0.25) is 0 Å². The molecule has 86 valence electrons. The Morgan fingerprint density at radius 2 is 2.19 bits per heavy atom. The van der Waals surface area contributed by atoms with Crippen molar-refractivity contribution >= 4 is 23.5 Å². The van der Waals surface area contributed by atoms with Crippen molar-refractivity contribution in [2.45, 2.75) is 35.6 Å². The Morgan fingerprint density at radius 3 is 3.06 bits per heavy atom. The molecular weight excluding hydrogens is 234 g/mol. The molecule has 2 heterocycles. The smallest absolute Gasteiger partial charge is 0.0922 e. The van der Waals surface area contributed by atoms with Gasteiger partial charge in [-0.1, -0.05) is 18.2 Å². The van der Waals surface area contributed by atoms with Crippen LogP contribution in [-0.4, -0.2) is 17.5 Å². The van der Waals surface area contributed by atoms with Gasteiger partial charge in [0.05, 0.1) is 4.87 Å².